The van der Waals surface area contributed by atoms with Crippen molar-refractivity contribution in [2.75, 3.05) is 44.2 Å². The zero-order chi connectivity index (χ0) is 18.6. The summed E-state index contributed by atoms with van der Waals surface area (Å²) in [5.74, 6) is 1.25. The second-order valence-corrected chi connectivity index (χ2v) is 8.05. The van der Waals surface area contributed by atoms with Crippen molar-refractivity contribution < 1.29 is 9.59 Å². The van der Waals surface area contributed by atoms with Crippen LogP contribution in [0.3, 0.4) is 0 Å². The average Bonchev–Trinajstić information content (AvgIpc) is 2.97. The van der Waals surface area contributed by atoms with Crippen LogP contribution in [0.2, 0.25) is 0 Å². The molecule has 3 heterocycles. The molecule has 3 aliphatic rings. The maximum atomic E-state index is 12.5. The topological polar surface area (TPSA) is 56.8 Å². The molecule has 2 atom stereocenters. The minimum absolute atomic E-state index is 0.00840. The Morgan fingerprint density at radius 1 is 0.889 bits per heavy atom. The quantitative estimate of drug-likeness (QED) is 0.567. The number of imide groups is 1. The van der Waals surface area contributed by atoms with Gasteiger partial charge in [0.15, 0.2) is 0 Å². The van der Waals surface area contributed by atoms with Gasteiger partial charge in [0.1, 0.15) is 5.82 Å². The SMILES string of the molecule is O=C1C2CCCCC2C(=O)N1CCCCN1CCN(c2ccccn2)CC1. The highest BCUT2D eigenvalue weighted by molar-refractivity contribution is 6.05. The average molecular weight is 370 g/mol. The number of amides is 2. The number of fused-ring (bicyclic) bond motifs is 1. The first kappa shape index (κ1) is 18.4. The van der Waals surface area contributed by atoms with E-state index in [1.807, 2.05) is 18.3 Å². The largest absolute Gasteiger partial charge is 0.354 e. The molecule has 1 aromatic heterocycles. The van der Waals surface area contributed by atoms with Crippen LogP contribution in [-0.4, -0.2) is 65.9 Å². The summed E-state index contributed by atoms with van der Waals surface area (Å²) >= 11 is 0. The van der Waals surface area contributed by atoms with E-state index in [0.717, 1.165) is 77.1 Å². The van der Waals surface area contributed by atoms with Crippen LogP contribution in [-0.2, 0) is 9.59 Å². The summed E-state index contributed by atoms with van der Waals surface area (Å²) < 4.78 is 0. The Kier molecular flexibility index (Phi) is 5.72. The van der Waals surface area contributed by atoms with Gasteiger partial charge in [0, 0.05) is 38.9 Å². The van der Waals surface area contributed by atoms with Gasteiger partial charge in [0.25, 0.3) is 0 Å². The van der Waals surface area contributed by atoms with E-state index in [9.17, 15) is 9.59 Å². The fraction of sp³-hybridized carbons (Fsp3) is 0.667. The molecule has 27 heavy (non-hydrogen) atoms. The van der Waals surface area contributed by atoms with Gasteiger partial charge in [-0.25, -0.2) is 4.98 Å². The Hall–Kier alpha value is -1.95. The van der Waals surface area contributed by atoms with Gasteiger partial charge in [-0.05, 0) is 44.4 Å². The summed E-state index contributed by atoms with van der Waals surface area (Å²) in [5, 5.41) is 0. The van der Waals surface area contributed by atoms with Crippen molar-refractivity contribution in [3.05, 3.63) is 24.4 Å². The number of pyridine rings is 1. The fourth-order valence-electron chi connectivity index (χ4n) is 4.80. The molecule has 0 aromatic carbocycles. The van der Waals surface area contributed by atoms with Gasteiger partial charge in [0.05, 0.1) is 11.8 Å². The molecular formula is C21H30N4O2. The van der Waals surface area contributed by atoms with Crippen LogP contribution >= 0.6 is 0 Å². The van der Waals surface area contributed by atoms with Crippen LogP contribution in [0.25, 0.3) is 0 Å². The van der Waals surface area contributed by atoms with E-state index >= 15 is 0 Å². The molecule has 0 N–H and O–H groups in total. The van der Waals surface area contributed by atoms with Gasteiger partial charge in [-0.1, -0.05) is 18.9 Å². The number of nitrogens with zero attached hydrogens (tertiary/aromatic N) is 4. The van der Waals surface area contributed by atoms with Crippen molar-refractivity contribution >= 4 is 17.6 Å². The van der Waals surface area contributed by atoms with E-state index in [2.05, 4.69) is 20.9 Å². The lowest BCUT2D eigenvalue weighted by Crippen LogP contribution is -2.47. The maximum Gasteiger partial charge on any atom is 0.233 e. The lowest BCUT2D eigenvalue weighted by atomic mass is 9.81. The zero-order valence-corrected chi connectivity index (χ0v) is 16.1. The first-order chi connectivity index (χ1) is 13.2. The third-order valence-corrected chi connectivity index (χ3v) is 6.38. The number of piperazine rings is 1. The molecule has 0 radical (unpaired) electrons. The molecule has 2 saturated heterocycles. The zero-order valence-electron chi connectivity index (χ0n) is 16.1. The Balaban J connectivity index is 1.17. The highest BCUT2D eigenvalue weighted by atomic mass is 16.2. The van der Waals surface area contributed by atoms with Crippen LogP contribution in [0, 0.1) is 11.8 Å². The van der Waals surface area contributed by atoms with Gasteiger partial charge in [-0.3, -0.25) is 19.4 Å². The van der Waals surface area contributed by atoms with Crippen molar-refractivity contribution in [2.45, 2.75) is 38.5 Å². The summed E-state index contributed by atoms with van der Waals surface area (Å²) in [6.07, 6.45) is 7.81. The number of hydrogen-bond donors (Lipinski definition) is 0. The van der Waals surface area contributed by atoms with E-state index in [-0.39, 0.29) is 23.7 Å². The van der Waals surface area contributed by atoms with Gasteiger partial charge < -0.3 is 4.90 Å². The molecular weight excluding hydrogens is 340 g/mol. The van der Waals surface area contributed by atoms with E-state index in [0.29, 0.717) is 6.54 Å². The minimum atomic E-state index is -0.00840. The van der Waals surface area contributed by atoms with Crippen LogP contribution in [0.5, 0.6) is 0 Å². The van der Waals surface area contributed by atoms with Gasteiger partial charge in [0.2, 0.25) is 11.8 Å². The standard InChI is InChI=1S/C21H30N4O2/c26-20-17-7-1-2-8-18(17)21(27)25(20)12-6-5-11-23-13-15-24(16-14-23)19-9-3-4-10-22-19/h3-4,9-10,17-18H,1-2,5-8,11-16H2. The van der Waals surface area contributed by atoms with E-state index in [1.54, 1.807) is 4.90 Å². The number of unbranched alkanes of at least 4 members (excludes halogenated alkanes) is 1. The van der Waals surface area contributed by atoms with E-state index < -0.39 is 0 Å². The second kappa shape index (κ2) is 8.38. The van der Waals surface area contributed by atoms with E-state index in [1.165, 1.54) is 0 Å². The van der Waals surface area contributed by atoms with Crippen molar-refractivity contribution in [3.63, 3.8) is 0 Å². The van der Waals surface area contributed by atoms with Gasteiger partial charge in [-0.15, -0.1) is 0 Å². The third-order valence-electron chi connectivity index (χ3n) is 6.38. The Morgan fingerprint density at radius 2 is 1.56 bits per heavy atom. The molecule has 0 bridgehead atoms. The van der Waals surface area contributed by atoms with Crippen LogP contribution in [0.1, 0.15) is 38.5 Å². The first-order valence-electron chi connectivity index (χ1n) is 10.5. The van der Waals surface area contributed by atoms with Crippen molar-refractivity contribution in [3.8, 4) is 0 Å². The molecule has 2 unspecified atom stereocenters. The number of rotatable bonds is 6. The summed E-state index contributed by atoms with van der Waals surface area (Å²) in [5.41, 5.74) is 0. The second-order valence-electron chi connectivity index (χ2n) is 8.05. The Bertz CT molecular complexity index is 633. The summed E-state index contributed by atoms with van der Waals surface area (Å²) in [7, 11) is 0. The molecule has 3 fully saturated rings. The molecule has 146 valence electrons. The molecule has 6 heteroatoms. The molecule has 1 aromatic rings. The van der Waals surface area contributed by atoms with Gasteiger partial charge in [-0.2, -0.15) is 0 Å². The first-order valence-corrected chi connectivity index (χ1v) is 10.5. The molecule has 1 saturated carbocycles. The molecule has 2 aliphatic heterocycles. The summed E-state index contributed by atoms with van der Waals surface area (Å²) in [6.45, 7) is 5.75. The highest BCUT2D eigenvalue weighted by Crippen LogP contribution is 2.38. The monoisotopic (exact) mass is 370 g/mol. The fourth-order valence-corrected chi connectivity index (χ4v) is 4.80. The van der Waals surface area contributed by atoms with Gasteiger partial charge >= 0.3 is 0 Å². The number of anilines is 1. The van der Waals surface area contributed by atoms with Crippen molar-refractivity contribution in [1.29, 1.82) is 0 Å². The predicted octanol–water partition coefficient (Wildman–Crippen LogP) is 2.16. The molecule has 2 amide bonds. The number of aromatic nitrogens is 1. The van der Waals surface area contributed by atoms with Crippen LogP contribution < -0.4 is 4.90 Å². The molecule has 0 spiro atoms. The Labute approximate surface area is 161 Å². The smallest absolute Gasteiger partial charge is 0.233 e. The van der Waals surface area contributed by atoms with Crippen molar-refractivity contribution in [1.82, 2.24) is 14.8 Å². The molecule has 1 aliphatic carbocycles. The predicted molar refractivity (Wildman–Crippen MR) is 104 cm³/mol. The lowest BCUT2D eigenvalue weighted by molar-refractivity contribution is -0.140. The van der Waals surface area contributed by atoms with Crippen LogP contribution in [0.4, 0.5) is 5.82 Å². The minimum Gasteiger partial charge on any atom is -0.354 e. The summed E-state index contributed by atoms with van der Waals surface area (Å²) in [6, 6.07) is 6.05. The third kappa shape index (κ3) is 4.00. The maximum absolute atomic E-state index is 12.5. The number of likely N-dealkylation sites (tertiary alicyclic amines) is 1. The lowest BCUT2D eigenvalue weighted by Gasteiger charge is -2.35. The Morgan fingerprint density at radius 3 is 2.19 bits per heavy atom. The normalized spacial score (nSPS) is 26.5. The highest BCUT2D eigenvalue weighted by Gasteiger charge is 2.47. The summed E-state index contributed by atoms with van der Waals surface area (Å²) in [4.78, 5) is 35.8. The number of carbonyl (C=O) groups is 2. The molecule has 4 rings (SSSR count). The number of carbonyl (C=O) groups excluding carboxylic acids is 2. The van der Waals surface area contributed by atoms with Crippen molar-refractivity contribution in [2.24, 2.45) is 11.8 Å². The number of hydrogen-bond acceptors (Lipinski definition) is 5. The molecule has 6 nitrogen and oxygen atoms in total. The van der Waals surface area contributed by atoms with Crippen LogP contribution in [0.15, 0.2) is 24.4 Å². The van der Waals surface area contributed by atoms with E-state index in [4.69, 9.17) is 0 Å².